The van der Waals surface area contributed by atoms with Crippen LogP contribution in [0.1, 0.15) is 42.6 Å². The Labute approximate surface area is 159 Å². The summed E-state index contributed by atoms with van der Waals surface area (Å²) in [6.07, 6.45) is 2.58. The summed E-state index contributed by atoms with van der Waals surface area (Å²) in [5.41, 5.74) is 1.83. The van der Waals surface area contributed by atoms with Crippen molar-refractivity contribution in [2.24, 2.45) is 0 Å². The van der Waals surface area contributed by atoms with E-state index in [0.717, 1.165) is 17.3 Å². The number of Topliss-reactive ketones (excluding diaryl/α,β-unsaturated/α-hetero) is 1. The number of nitrogens with zero attached hydrogens (tertiary/aromatic N) is 3. The lowest BCUT2D eigenvalue weighted by Crippen LogP contribution is -2.38. The molecule has 5 nitrogen and oxygen atoms in total. The van der Waals surface area contributed by atoms with Gasteiger partial charge < -0.3 is 9.47 Å². The third-order valence-electron chi connectivity index (χ3n) is 4.08. The van der Waals surface area contributed by atoms with Crippen molar-refractivity contribution in [3.05, 3.63) is 52.6 Å². The number of hydrogen-bond acceptors (Lipinski definition) is 3. The van der Waals surface area contributed by atoms with Gasteiger partial charge in [0.1, 0.15) is 11.5 Å². The first-order valence-corrected chi connectivity index (χ1v) is 8.86. The summed E-state index contributed by atoms with van der Waals surface area (Å²) in [5.74, 6) is 5.65. The molecule has 6 heteroatoms. The Morgan fingerprint density at radius 2 is 2.00 bits per heavy atom. The van der Waals surface area contributed by atoms with Crippen LogP contribution in [-0.4, -0.2) is 32.7 Å². The van der Waals surface area contributed by atoms with E-state index in [1.807, 2.05) is 28.8 Å². The second-order valence-corrected chi connectivity index (χ2v) is 6.22. The average Bonchev–Trinajstić information content (AvgIpc) is 3.06. The smallest absolute Gasteiger partial charge is 0.298 e. The number of carbonyl (C=O) groups excluding carboxylic acids is 2. The van der Waals surface area contributed by atoms with Crippen LogP contribution in [0, 0.1) is 11.8 Å². The molecule has 0 saturated carbocycles. The largest absolute Gasteiger partial charge is 0.323 e. The van der Waals surface area contributed by atoms with E-state index in [-0.39, 0.29) is 11.7 Å². The molecule has 0 N–H and O–H groups in total. The van der Waals surface area contributed by atoms with Gasteiger partial charge in [0, 0.05) is 25.0 Å². The highest BCUT2D eigenvalue weighted by Crippen LogP contribution is 2.15. The Balaban J connectivity index is 0.000000228. The van der Waals surface area contributed by atoms with Gasteiger partial charge in [-0.1, -0.05) is 42.6 Å². The van der Waals surface area contributed by atoms with Crippen LogP contribution in [0.25, 0.3) is 0 Å². The Bertz CT molecular complexity index is 861. The molecule has 2 heterocycles. The normalized spacial score (nSPS) is 12.2. The van der Waals surface area contributed by atoms with E-state index in [0.29, 0.717) is 25.3 Å². The number of rotatable bonds is 2. The first kappa shape index (κ1) is 19.7. The summed E-state index contributed by atoms with van der Waals surface area (Å²) >= 11 is 5.82. The van der Waals surface area contributed by atoms with Crippen LogP contribution in [0.3, 0.4) is 0 Å². The molecule has 0 radical (unpaired) electrons. The maximum Gasteiger partial charge on any atom is 0.298 e. The number of imidazole rings is 1. The number of amides is 1. The number of aryl methyl sites for hydroxylation is 1. The molecule has 0 saturated heterocycles. The summed E-state index contributed by atoms with van der Waals surface area (Å²) < 4.78 is 1.87. The van der Waals surface area contributed by atoms with Crippen molar-refractivity contribution in [2.45, 2.75) is 40.3 Å². The van der Waals surface area contributed by atoms with Gasteiger partial charge in [-0.05, 0) is 30.9 Å². The van der Waals surface area contributed by atoms with Gasteiger partial charge in [0.15, 0.2) is 5.78 Å². The molecule has 1 amide bonds. The van der Waals surface area contributed by atoms with Crippen molar-refractivity contribution < 1.29 is 9.59 Å². The van der Waals surface area contributed by atoms with Gasteiger partial charge in [-0.15, -0.1) is 0 Å². The summed E-state index contributed by atoms with van der Waals surface area (Å²) in [6, 6.07) is 7.91. The molecule has 1 aliphatic heterocycles. The van der Waals surface area contributed by atoms with Crippen LogP contribution in [-0.2, 0) is 24.3 Å². The van der Waals surface area contributed by atoms with Crippen LogP contribution in [0.15, 0.2) is 30.5 Å². The highest BCUT2D eigenvalue weighted by Gasteiger charge is 2.23. The molecule has 0 spiro atoms. The van der Waals surface area contributed by atoms with E-state index in [1.54, 1.807) is 18.0 Å². The minimum absolute atomic E-state index is 0.00289. The van der Waals surface area contributed by atoms with E-state index in [2.05, 4.69) is 23.7 Å². The summed E-state index contributed by atoms with van der Waals surface area (Å²) in [7, 11) is 0. The molecule has 26 heavy (non-hydrogen) atoms. The fraction of sp³-hybridized carbons (Fsp3) is 0.350. The molecular formula is C20H22ClN3O2. The van der Waals surface area contributed by atoms with Crippen molar-refractivity contribution in [1.82, 2.24) is 14.5 Å². The topological polar surface area (TPSA) is 55.2 Å². The zero-order valence-electron chi connectivity index (χ0n) is 15.3. The van der Waals surface area contributed by atoms with Crippen molar-refractivity contribution in [3.8, 4) is 11.8 Å². The summed E-state index contributed by atoms with van der Waals surface area (Å²) in [6.45, 7) is 6.83. The van der Waals surface area contributed by atoms with Crippen molar-refractivity contribution in [1.29, 1.82) is 0 Å². The van der Waals surface area contributed by atoms with Crippen LogP contribution < -0.4 is 0 Å². The molecule has 0 bridgehead atoms. The minimum Gasteiger partial charge on any atom is -0.323 e. The predicted molar refractivity (Wildman–Crippen MR) is 102 cm³/mol. The van der Waals surface area contributed by atoms with Gasteiger partial charge in [-0.3, -0.25) is 9.59 Å². The summed E-state index contributed by atoms with van der Waals surface area (Å²) in [5, 5.41) is 0.875. The Kier molecular flexibility index (Phi) is 6.99. The van der Waals surface area contributed by atoms with Crippen LogP contribution in [0.4, 0.5) is 0 Å². The lowest BCUT2D eigenvalue weighted by molar-refractivity contribution is -0.126. The molecule has 0 aliphatic carbocycles. The van der Waals surface area contributed by atoms with Crippen molar-refractivity contribution in [3.63, 3.8) is 0 Å². The Hall–Kier alpha value is -2.58. The first-order valence-electron chi connectivity index (χ1n) is 8.48. The number of carbonyl (C=O) groups is 2. The Morgan fingerprint density at radius 1 is 1.27 bits per heavy atom. The molecule has 2 aromatic rings. The van der Waals surface area contributed by atoms with E-state index in [9.17, 15) is 9.59 Å². The first-order chi connectivity index (χ1) is 12.5. The molecule has 3 rings (SSSR count). The molecule has 0 fully saturated rings. The number of ketones is 1. The zero-order valence-corrected chi connectivity index (χ0v) is 16.0. The van der Waals surface area contributed by atoms with Crippen LogP contribution in [0.2, 0.25) is 5.02 Å². The van der Waals surface area contributed by atoms with Gasteiger partial charge >= 0.3 is 0 Å². The van der Waals surface area contributed by atoms with Gasteiger partial charge in [-0.25, -0.2) is 4.98 Å². The molecule has 0 atom stereocenters. The van der Waals surface area contributed by atoms with E-state index < -0.39 is 0 Å². The number of aromatic nitrogens is 2. The molecule has 1 aliphatic rings. The number of hydrogen-bond donors (Lipinski definition) is 0. The van der Waals surface area contributed by atoms with Crippen LogP contribution in [0.5, 0.6) is 0 Å². The standard InChI is InChI=1S/C12H13N3O2.C8H9Cl/c1-3-4-12(17)14-5-6-15-10(9(2)16)7-13-11(15)8-14;1-2-7-5-3-4-6-8(7)9/h7H,5-6,8H2,1-2H3;3-6H,2H2,1H3. The molecule has 1 aromatic carbocycles. The summed E-state index contributed by atoms with van der Waals surface area (Å²) in [4.78, 5) is 28.7. The van der Waals surface area contributed by atoms with Gasteiger partial charge in [0.25, 0.3) is 5.91 Å². The highest BCUT2D eigenvalue weighted by molar-refractivity contribution is 6.31. The lowest BCUT2D eigenvalue weighted by atomic mass is 10.2. The highest BCUT2D eigenvalue weighted by atomic mass is 35.5. The Morgan fingerprint density at radius 3 is 2.58 bits per heavy atom. The number of halogens is 1. The lowest BCUT2D eigenvalue weighted by Gasteiger charge is -2.26. The average molecular weight is 372 g/mol. The molecule has 0 unspecified atom stereocenters. The molecular weight excluding hydrogens is 350 g/mol. The fourth-order valence-corrected chi connectivity index (χ4v) is 2.96. The quantitative estimate of drug-likeness (QED) is 0.601. The zero-order chi connectivity index (χ0) is 19.1. The second-order valence-electron chi connectivity index (χ2n) is 5.81. The molecule has 1 aromatic heterocycles. The van der Waals surface area contributed by atoms with Gasteiger partial charge in [0.2, 0.25) is 0 Å². The number of benzene rings is 1. The second kappa shape index (κ2) is 9.21. The van der Waals surface area contributed by atoms with E-state index >= 15 is 0 Å². The van der Waals surface area contributed by atoms with Crippen LogP contribution >= 0.6 is 11.6 Å². The monoisotopic (exact) mass is 371 g/mol. The van der Waals surface area contributed by atoms with Crippen molar-refractivity contribution in [2.75, 3.05) is 6.54 Å². The van der Waals surface area contributed by atoms with E-state index in [4.69, 9.17) is 11.6 Å². The van der Waals surface area contributed by atoms with E-state index in [1.165, 1.54) is 12.5 Å². The minimum atomic E-state index is -0.189. The third kappa shape index (κ3) is 4.74. The third-order valence-corrected chi connectivity index (χ3v) is 4.45. The maximum absolute atomic E-state index is 11.6. The number of fused-ring (bicyclic) bond motifs is 1. The van der Waals surface area contributed by atoms with Gasteiger partial charge in [0.05, 0.1) is 12.7 Å². The fourth-order valence-electron chi connectivity index (χ4n) is 2.69. The SMILES string of the molecule is CC#CC(=O)N1CCn2c(C(C)=O)cnc2C1.CCc1ccccc1Cl. The van der Waals surface area contributed by atoms with Crippen molar-refractivity contribution >= 4 is 23.3 Å². The molecule has 136 valence electrons. The predicted octanol–water partition coefficient (Wildman–Crippen LogP) is 3.35. The maximum atomic E-state index is 11.6. The van der Waals surface area contributed by atoms with Gasteiger partial charge in [-0.2, -0.15) is 0 Å².